The molecule has 0 bridgehead atoms. The van der Waals surface area contributed by atoms with Crippen LogP contribution in [0.3, 0.4) is 0 Å². The molecule has 1 aromatic carbocycles. The minimum atomic E-state index is -3.72. The summed E-state index contributed by atoms with van der Waals surface area (Å²) in [7, 11) is -3.72. The molecule has 1 aliphatic rings. The van der Waals surface area contributed by atoms with Crippen molar-refractivity contribution in [3.05, 3.63) is 41.3 Å². The van der Waals surface area contributed by atoms with E-state index in [1.165, 1.54) is 17.4 Å². The summed E-state index contributed by atoms with van der Waals surface area (Å²) < 4.78 is 48.7. The second-order valence-corrected chi connectivity index (χ2v) is 14.4. The lowest BCUT2D eigenvalue weighted by Gasteiger charge is -2.32. The van der Waals surface area contributed by atoms with Gasteiger partial charge in [-0.3, -0.25) is 4.72 Å². The topological polar surface area (TPSA) is 147 Å². The molecule has 1 atom stereocenters. The number of aliphatic hydroxyl groups is 1. The van der Waals surface area contributed by atoms with Crippen LogP contribution in [0, 0.1) is 5.82 Å². The molecule has 3 N–H and O–H groups in total. The van der Waals surface area contributed by atoms with Crippen LogP contribution in [0.2, 0.25) is 0 Å². The van der Waals surface area contributed by atoms with Gasteiger partial charge in [0.05, 0.1) is 39.3 Å². The first-order valence-electron chi connectivity index (χ1n) is 14.3. The smallest absolute Gasteiger partial charge is 0.410 e. The number of aromatic nitrogens is 3. The number of nitrogens with one attached hydrogen (secondary N) is 2. The Morgan fingerprint density at radius 2 is 1.95 bits per heavy atom. The number of likely N-dealkylation sites (tertiary alicyclic amines) is 1. The van der Waals surface area contributed by atoms with Gasteiger partial charge < -0.3 is 20.1 Å². The van der Waals surface area contributed by atoms with Crippen LogP contribution in [0.15, 0.2) is 30.5 Å². The zero-order valence-corrected chi connectivity index (χ0v) is 26.7. The molecule has 1 saturated heterocycles. The molecule has 0 aliphatic carbocycles. The number of aliphatic hydroxyl groups excluding tert-OH is 1. The summed E-state index contributed by atoms with van der Waals surface area (Å²) in [6, 6.07) is 5.95. The zero-order chi connectivity index (χ0) is 31.4. The summed E-state index contributed by atoms with van der Waals surface area (Å²) in [4.78, 5) is 28.6. The number of benzene rings is 1. The van der Waals surface area contributed by atoms with Crippen molar-refractivity contribution in [1.29, 1.82) is 0 Å². The summed E-state index contributed by atoms with van der Waals surface area (Å²) in [6.45, 7) is 9.89. The minimum absolute atomic E-state index is 0.0133. The summed E-state index contributed by atoms with van der Waals surface area (Å²) in [6.07, 6.45) is 2.91. The predicted molar refractivity (Wildman–Crippen MR) is 166 cm³/mol. The second kappa shape index (κ2) is 13.5. The van der Waals surface area contributed by atoms with Gasteiger partial charge in [0.15, 0.2) is 5.82 Å². The molecule has 14 heteroatoms. The van der Waals surface area contributed by atoms with E-state index in [0.717, 1.165) is 5.01 Å². The number of carbonyl (C=O) groups is 1. The zero-order valence-electron chi connectivity index (χ0n) is 25.1. The lowest BCUT2D eigenvalue weighted by atomic mass is 9.97. The van der Waals surface area contributed by atoms with E-state index in [0.29, 0.717) is 54.6 Å². The van der Waals surface area contributed by atoms with Gasteiger partial charge in [-0.2, -0.15) is 0 Å². The summed E-state index contributed by atoms with van der Waals surface area (Å²) >= 11 is 1.38. The van der Waals surface area contributed by atoms with Gasteiger partial charge in [-0.15, -0.1) is 11.3 Å². The van der Waals surface area contributed by atoms with Crippen LogP contribution in [0.25, 0.3) is 21.8 Å². The highest BCUT2D eigenvalue weighted by Gasteiger charge is 2.31. The third-order valence-electron chi connectivity index (χ3n) is 6.67. The van der Waals surface area contributed by atoms with Crippen LogP contribution in [-0.4, -0.2) is 76.6 Å². The predicted octanol–water partition coefficient (Wildman–Crippen LogP) is 5.47. The molecule has 0 radical (unpaired) electrons. The lowest BCUT2D eigenvalue weighted by molar-refractivity contribution is 0.0204. The number of carbonyl (C=O) groups excluding carboxylic acids is 1. The van der Waals surface area contributed by atoms with Crippen molar-refractivity contribution in [1.82, 2.24) is 19.9 Å². The largest absolute Gasteiger partial charge is 0.444 e. The number of hydrogen-bond donors (Lipinski definition) is 3. The molecule has 0 spiro atoms. The van der Waals surface area contributed by atoms with Crippen LogP contribution in [0.4, 0.5) is 20.8 Å². The third kappa shape index (κ3) is 8.39. The molecule has 234 valence electrons. The summed E-state index contributed by atoms with van der Waals surface area (Å²) in [5.74, 6) is -0.555. The van der Waals surface area contributed by atoms with E-state index in [1.54, 1.807) is 43.1 Å². The standard InChI is InChI=1S/C29H39FN6O5S2/c1-6-16-43(39,40)35-21-9-7-8-20(23(21)30)24-25(22-10-13-31-27(33-22)32-18(2)17-37)42-26(34-24)19-11-14-36(15-12-19)28(38)41-29(3,4)5/h7-10,13,18-19,35,37H,6,11-12,14-17H2,1-5H3,(H,31,32,33)/t18-/m1/s1. The minimum Gasteiger partial charge on any atom is -0.444 e. The molecule has 4 rings (SSSR count). The average Bonchev–Trinajstić information content (AvgIpc) is 3.38. The molecule has 43 heavy (non-hydrogen) atoms. The number of sulfonamides is 1. The van der Waals surface area contributed by atoms with Crippen molar-refractivity contribution >= 4 is 39.1 Å². The molecule has 3 heterocycles. The molecule has 0 saturated carbocycles. The molecule has 2 aromatic heterocycles. The lowest BCUT2D eigenvalue weighted by Crippen LogP contribution is -2.41. The van der Waals surface area contributed by atoms with Crippen LogP contribution >= 0.6 is 11.3 Å². The van der Waals surface area contributed by atoms with Gasteiger partial charge in [0, 0.05) is 36.8 Å². The molecule has 1 fully saturated rings. The number of rotatable bonds is 10. The normalized spacial score (nSPS) is 15.3. The average molecular weight is 635 g/mol. The van der Waals surface area contributed by atoms with Gasteiger partial charge in [-0.05, 0) is 65.2 Å². The first-order chi connectivity index (χ1) is 20.3. The number of amides is 1. The van der Waals surface area contributed by atoms with Gasteiger partial charge in [-0.25, -0.2) is 32.6 Å². The first kappa shape index (κ1) is 32.6. The first-order valence-corrected chi connectivity index (χ1v) is 16.8. The highest BCUT2D eigenvalue weighted by molar-refractivity contribution is 7.92. The van der Waals surface area contributed by atoms with E-state index in [9.17, 15) is 18.3 Å². The molecule has 1 aliphatic heterocycles. The van der Waals surface area contributed by atoms with Gasteiger partial charge >= 0.3 is 6.09 Å². The molecule has 11 nitrogen and oxygen atoms in total. The Morgan fingerprint density at radius 3 is 2.60 bits per heavy atom. The van der Waals surface area contributed by atoms with Crippen molar-refractivity contribution in [2.24, 2.45) is 0 Å². The SMILES string of the molecule is CCCS(=O)(=O)Nc1cccc(-c2nc(C3CCN(C(=O)OC(C)(C)C)CC3)sc2-c2ccnc(N[C@H](C)CO)n2)c1F. The van der Waals surface area contributed by atoms with Crippen molar-refractivity contribution in [3.63, 3.8) is 0 Å². The Labute approximate surface area is 256 Å². The highest BCUT2D eigenvalue weighted by Crippen LogP contribution is 2.42. The second-order valence-electron chi connectivity index (χ2n) is 11.6. The summed E-state index contributed by atoms with van der Waals surface area (Å²) in [5, 5.41) is 13.3. The quantitative estimate of drug-likeness (QED) is 0.264. The van der Waals surface area contributed by atoms with E-state index in [4.69, 9.17) is 9.72 Å². The maximum Gasteiger partial charge on any atom is 0.410 e. The number of thiazole rings is 1. The molecular formula is C29H39FN6O5S2. The van der Waals surface area contributed by atoms with Crippen LogP contribution in [0.1, 0.15) is 64.8 Å². The van der Waals surface area contributed by atoms with Crippen LogP contribution in [0.5, 0.6) is 0 Å². The maximum atomic E-state index is 16.0. The van der Waals surface area contributed by atoms with E-state index < -0.39 is 21.4 Å². The number of ether oxygens (including phenoxy) is 1. The van der Waals surface area contributed by atoms with E-state index in [2.05, 4.69) is 20.0 Å². The number of piperidine rings is 1. The highest BCUT2D eigenvalue weighted by atomic mass is 32.2. The van der Waals surface area contributed by atoms with E-state index in [1.807, 2.05) is 20.8 Å². The number of nitrogens with zero attached hydrogens (tertiary/aromatic N) is 4. The van der Waals surface area contributed by atoms with Gasteiger partial charge in [0.1, 0.15) is 5.60 Å². The fraction of sp³-hybridized carbons (Fsp3) is 0.517. The fourth-order valence-electron chi connectivity index (χ4n) is 4.60. The Balaban J connectivity index is 1.71. The number of anilines is 2. The monoisotopic (exact) mass is 634 g/mol. The van der Waals surface area contributed by atoms with Crippen LogP contribution in [-0.2, 0) is 14.8 Å². The van der Waals surface area contributed by atoms with E-state index in [-0.39, 0.29) is 41.7 Å². The van der Waals surface area contributed by atoms with Gasteiger partial charge in [-0.1, -0.05) is 13.0 Å². The fourth-order valence-corrected chi connectivity index (χ4v) is 6.96. The molecule has 3 aromatic rings. The Hall–Kier alpha value is -3.36. The number of hydrogen-bond acceptors (Lipinski definition) is 10. The number of halogens is 1. The van der Waals surface area contributed by atoms with Crippen molar-refractivity contribution < 1.29 is 27.4 Å². The Morgan fingerprint density at radius 1 is 1.23 bits per heavy atom. The van der Waals surface area contributed by atoms with E-state index >= 15 is 4.39 Å². The summed E-state index contributed by atoms with van der Waals surface area (Å²) in [5.41, 5.74) is 0.236. The van der Waals surface area contributed by atoms with Crippen molar-refractivity contribution in [3.8, 4) is 21.8 Å². The van der Waals surface area contributed by atoms with Crippen molar-refractivity contribution in [2.75, 3.05) is 35.5 Å². The molecular weight excluding hydrogens is 595 g/mol. The van der Waals surface area contributed by atoms with Crippen molar-refractivity contribution in [2.45, 2.75) is 71.4 Å². The molecule has 0 unspecified atom stereocenters. The van der Waals surface area contributed by atoms with Crippen LogP contribution < -0.4 is 10.0 Å². The van der Waals surface area contributed by atoms with Gasteiger partial charge in [0.25, 0.3) is 0 Å². The third-order valence-corrected chi connectivity index (χ3v) is 9.39. The Kier molecular flexibility index (Phi) is 10.2. The maximum absolute atomic E-state index is 16.0. The van der Waals surface area contributed by atoms with Gasteiger partial charge in [0.2, 0.25) is 16.0 Å². The molecule has 1 amide bonds. The Bertz CT molecular complexity index is 1530.